The maximum Gasteiger partial charge on any atom is 0.251 e. The van der Waals surface area contributed by atoms with Crippen molar-refractivity contribution in [2.75, 3.05) is 20.7 Å². The summed E-state index contributed by atoms with van der Waals surface area (Å²) in [4.78, 5) is 39.6. The lowest BCUT2D eigenvalue weighted by Gasteiger charge is -2.24. The van der Waals surface area contributed by atoms with Crippen molar-refractivity contribution < 1.29 is 23.6 Å². The van der Waals surface area contributed by atoms with Crippen molar-refractivity contribution in [2.24, 2.45) is 5.92 Å². The fourth-order valence-electron chi connectivity index (χ4n) is 3.78. The summed E-state index contributed by atoms with van der Waals surface area (Å²) in [5.41, 5.74) is 1.17. The third kappa shape index (κ3) is 6.32. The van der Waals surface area contributed by atoms with Gasteiger partial charge in [-0.05, 0) is 44.0 Å². The number of carbonyl (C=O) groups excluding carboxylic acids is 3. The summed E-state index contributed by atoms with van der Waals surface area (Å²) in [6, 6.07) is 8.44. The summed E-state index contributed by atoms with van der Waals surface area (Å²) in [6.45, 7) is 2.44. The van der Waals surface area contributed by atoms with Crippen molar-refractivity contribution >= 4 is 17.7 Å². The average molecular weight is 443 g/mol. The number of likely N-dealkylation sites (N-methyl/N-ethyl adjacent to an activating group) is 1. The lowest BCUT2D eigenvalue weighted by Crippen LogP contribution is -2.44. The number of nitrogens with zero attached hydrogens (tertiary/aromatic N) is 2. The minimum absolute atomic E-state index is 0.118. The lowest BCUT2D eigenvalue weighted by atomic mass is 9.96. The zero-order valence-corrected chi connectivity index (χ0v) is 18.7. The fourth-order valence-corrected chi connectivity index (χ4v) is 3.78. The highest BCUT2D eigenvalue weighted by Gasteiger charge is 2.28. The Bertz CT molecular complexity index is 940. The minimum Gasteiger partial charge on any atom is -0.497 e. The molecular weight excluding hydrogens is 412 g/mol. The Morgan fingerprint density at radius 2 is 2.00 bits per heavy atom. The van der Waals surface area contributed by atoms with Gasteiger partial charge in [0.05, 0.1) is 13.7 Å². The Labute approximate surface area is 187 Å². The lowest BCUT2D eigenvalue weighted by molar-refractivity contribution is -0.135. The van der Waals surface area contributed by atoms with Gasteiger partial charge in [0.1, 0.15) is 17.2 Å². The molecule has 2 N–H and O–H groups in total. The third-order valence-electron chi connectivity index (χ3n) is 5.62. The van der Waals surface area contributed by atoms with Crippen LogP contribution in [-0.4, -0.2) is 54.5 Å². The molecule has 2 atom stereocenters. The number of hydrogen-bond donors (Lipinski definition) is 2. The molecule has 2 unspecified atom stereocenters. The van der Waals surface area contributed by atoms with Gasteiger partial charge in [-0.25, -0.2) is 0 Å². The quantitative estimate of drug-likeness (QED) is 0.708. The van der Waals surface area contributed by atoms with Crippen molar-refractivity contribution in [1.82, 2.24) is 20.7 Å². The number of aryl methyl sites for hydroxylation is 1. The van der Waals surface area contributed by atoms with E-state index in [4.69, 9.17) is 9.26 Å². The summed E-state index contributed by atoms with van der Waals surface area (Å²) in [5.74, 6) is 0.443. The van der Waals surface area contributed by atoms with Crippen LogP contribution in [0.3, 0.4) is 0 Å². The normalized spacial score (nSPS) is 19.5. The van der Waals surface area contributed by atoms with E-state index >= 15 is 0 Å². The van der Waals surface area contributed by atoms with E-state index in [1.807, 2.05) is 0 Å². The summed E-state index contributed by atoms with van der Waals surface area (Å²) in [7, 11) is 3.27. The molecule has 0 bridgehead atoms. The van der Waals surface area contributed by atoms with E-state index in [1.54, 1.807) is 56.3 Å². The number of benzene rings is 1. The molecule has 9 heteroatoms. The summed E-state index contributed by atoms with van der Waals surface area (Å²) < 4.78 is 10.1. The number of carbonyl (C=O) groups is 3. The molecule has 2 heterocycles. The molecule has 1 aliphatic rings. The van der Waals surface area contributed by atoms with Crippen LogP contribution in [0.4, 0.5) is 0 Å². The molecule has 1 aliphatic heterocycles. The van der Waals surface area contributed by atoms with Crippen molar-refractivity contribution in [3.8, 4) is 5.75 Å². The van der Waals surface area contributed by atoms with Gasteiger partial charge in [0.2, 0.25) is 11.8 Å². The summed E-state index contributed by atoms with van der Waals surface area (Å²) in [5, 5.41) is 9.74. The maximum absolute atomic E-state index is 12.7. The van der Waals surface area contributed by atoms with Crippen molar-refractivity contribution in [3.05, 3.63) is 47.3 Å². The average Bonchev–Trinajstić information content (AvgIpc) is 3.22. The predicted molar refractivity (Wildman–Crippen MR) is 117 cm³/mol. The SMILES string of the molecule is COc1ccc(C(=O)NC2CCCC(C(=O)NCc3cc(C)on3)CC(=O)N(C)C2)cc1. The molecule has 3 amide bonds. The molecular formula is C23H30N4O5. The van der Waals surface area contributed by atoms with E-state index in [1.165, 1.54) is 0 Å². The van der Waals surface area contributed by atoms with Crippen LogP contribution in [0.15, 0.2) is 34.9 Å². The summed E-state index contributed by atoms with van der Waals surface area (Å²) in [6.07, 6.45) is 2.10. The molecule has 2 aromatic rings. The molecule has 0 saturated carbocycles. The van der Waals surface area contributed by atoms with Gasteiger partial charge in [-0.15, -0.1) is 0 Å². The third-order valence-corrected chi connectivity index (χ3v) is 5.62. The minimum atomic E-state index is -0.422. The standard InChI is InChI=1S/C23H30N4O5/c1-15-11-19(26-32-15)13-24-22(29)17-5-4-6-18(14-27(2)21(28)12-17)25-23(30)16-7-9-20(31-3)10-8-16/h7-11,17-18H,4-6,12-14H2,1-3H3,(H,24,29)(H,25,30). The van der Waals surface area contributed by atoms with Crippen LogP contribution in [0.2, 0.25) is 0 Å². The molecule has 172 valence electrons. The molecule has 1 aromatic carbocycles. The zero-order chi connectivity index (χ0) is 23.1. The highest BCUT2D eigenvalue weighted by Crippen LogP contribution is 2.20. The Balaban J connectivity index is 1.57. The van der Waals surface area contributed by atoms with E-state index in [0.29, 0.717) is 42.2 Å². The Kier molecular flexibility index (Phi) is 7.86. The number of aromatic nitrogens is 1. The number of hydrogen-bond acceptors (Lipinski definition) is 6. The van der Waals surface area contributed by atoms with Crippen LogP contribution in [0.5, 0.6) is 5.75 Å². The first-order valence-corrected chi connectivity index (χ1v) is 10.7. The second-order valence-corrected chi connectivity index (χ2v) is 8.15. The molecule has 1 fully saturated rings. The number of nitrogens with one attached hydrogen (secondary N) is 2. The first kappa shape index (κ1) is 23.3. The molecule has 3 rings (SSSR count). The first-order valence-electron chi connectivity index (χ1n) is 10.7. The van der Waals surface area contributed by atoms with Crippen LogP contribution in [0.1, 0.15) is 47.5 Å². The Morgan fingerprint density at radius 1 is 1.25 bits per heavy atom. The highest BCUT2D eigenvalue weighted by atomic mass is 16.5. The second kappa shape index (κ2) is 10.8. The van der Waals surface area contributed by atoms with Gasteiger partial charge in [-0.1, -0.05) is 11.6 Å². The highest BCUT2D eigenvalue weighted by molar-refractivity contribution is 5.94. The molecule has 0 spiro atoms. The Hall–Kier alpha value is -3.36. The molecule has 1 aromatic heterocycles. The number of rotatable bonds is 6. The number of amides is 3. The topological polar surface area (TPSA) is 114 Å². The molecule has 0 aliphatic carbocycles. The first-order chi connectivity index (χ1) is 15.4. The van der Waals surface area contributed by atoms with Gasteiger partial charge in [0, 0.05) is 43.6 Å². The van der Waals surface area contributed by atoms with Gasteiger partial charge in [0.15, 0.2) is 0 Å². The predicted octanol–water partition coefficient (Wildman–Crippen LogP) is 2.06. The molecule has 32 heavy (non-hydrogen) atoms. The number of ether oxygens (including phenoxy) is 1. The summed E-state index contributed by atoms with van der Waals surface area (Å²) >= 11 is 0. The van der Waals surface area contributed by atoms with E-state index in [2.05, 4.69) is 15.8 Å². The van der Waals surface area contributed by atoms with Crippen LogP contribution in [-0.2, 0) is 16.1 Å². The number of methoxy groups -OCH3 is 1. The van der Waals surface area contributed by atoms with Crippen molar-refractivity contribution in [2.45, 2.75) is 45.2 Å². The molecule has 0 radical (unpaired) electrons. The zero-order valence-electron chi connectivity index (χ0n) is 18.7. The van der Waals surface area contributed by atoms with Gasteiger partial charge in [-0.3, -0.25) is 14.4 Å². The van der Waals surface area contributed by atoms with Gasteiger partial charge < -0.3 is 24.8 Å². The van der Waals surface area contributed by atoms with Gasteiger partial charge in [0.25, 0.3) is 5.91 Å². The van der Waals surface area contributed by atoms with Crippen LogP contribution >= 0.6 is 0 Å². The van der Waals surface area contributed by atoms with E-state index in [0.717, 1.165) is 6.42 Å². The van der Waals surface area contributed by atoms with Crippen LogP contribution < -0.4 is 15.4 Å². The van der Waals surface area contributed by atoms with Crippen molar-refractivity contribution in [3.63, 3.8) is 0 Å². The molecule has 9 nitrogen and oxygen atoms in total. The van der Waals surface area contributed by atoms with Gasteiger partial charge in [-0.2, -0.15) is 0 Å². The largest absolute Gasteiger partial charge is 0.497 e. The fraction of sp³-hybridized carbons (Fsp3) is 0.478. The van der Waals surface area contributed by atoms with Crippen molar-refractivity contribution in [1.29, 1.82) is 0 Å². The smallest absolute Gasteiger partial charge is 0.251 e. The van der Waals surface area contributed by atoms with E-state index in [-0.39, 0.29) is 36.7 Å². The van der Waals surface area contributed by atoms with Crippen LogP contribution in [0.25, 0.3) is 0 Å². The van der Waals surface area contributed by atoms with Crippen LogP contribution in [0, 0.1) is 12.8 Å². The molecule has 1 saturated heterocycles. The monoisotopic (exact) mass is 442 g/mol. The second-order valence-electron chi connectivity index (χ2n) is 8.15. The van der Waals surface area contributed by atoms with E-state index in [9.17, 15) is 14.4 Å². The van der Waals surface area contributed by atoms with E-state index < -0.39 is 5.92 Å². The maximum atomic E-state index is 12.7. The van der Waals surface area contributed by atoms with Gasteiger partial charge >= 0.3 is 0 Å². The Morgan fingerprint density at radius 3 is 2.66 bits per heavy atom.